The second kappa shape index (κ2) is 7.82. The second-order valence-corrected chi connectivity index (χ2v) is 7.39. The molecule has 2 atom stereocenters. The van der Waals surface area contributed by atoms with Gasteiger partial charge in [0.15, 0.2) is 5.96 Å². The Morgan fingerprint density at radius 3 is 2.58 bits per heavy atom. The van der Waals surface area contributed by atoms with Crippen molar-refractivity contribution in [2.45, 2.75) is 63.8 Å². The number of hydrogen-bond acceptors (Lipinski definition) is 2. The fraction of sp³-hybridized carbons (Fsp3) is 0.600. The van der Waals surface area contributed by atoms with Crippen molar-refractivity contribution in [1.82, 2.24) is 10.2 Å². The van der Waals surface area contributed by atoms with Crippen molar-refractivity contribution in [2.75, 3.05) is 6.54 Å². The molecular weight excluding hydrogens is 298 g/mol. The Bertz CT molecular complexity index is 566. The summed E-state index contributed by atoms with van der Waals surface area (Å²) in [6.07, 6.45) is 8.65. The molecule has 0 aromatic heterocycles. The van der Waals surface area contributed by atoms with Crippen molar-refractivity contribution in [3.8, 4) is 0 Å². The van der Waals surface area contributed by atoms with E-state index >= 15 is 0 Å². The third-order valence-electron chi connectivity index (χ3n) is 5.56. The van der Waals surface area contributed by atoms with Crippen molar-refractivity contribution in [1.29, 1.82) is 5.41 Å². The molecule has 4 heteroatoms. The Morgan fingerprint density at radius 2 is 1.88 bits per heavy atom. The maximum Gasteiger partial charge on any atom is 0.251 e. The van der Waals surface area contributed by atoms with Crippen molar-refractivity contribution in [3.05, 3.63) is 35.9 Å². The van der Waals surface area contributed by atoms with Crippen molar-refractivity contribution in [2.24, 2.45) is 5.92 Å². The molecule has 0 bridgehead atoms. The van der Waals surface area contributed by atoms with Crippen molar-refractivity contribution < 1.29 is 4.79 Å². The van der Waals surface area contributed by atoms with Gasteiger partial charge in [-0.15, -0.1) is 0 Å². The van der Waals surface area contributed by atoms with E-state index in [9.17, 15) is 4.79 Å². The molecule has 2 aliphatic rings. The van der Waals surface area contributed by atoms with Crippen LogP contribution in [0.5, 0.6) is 0 Å². The third-order valence-corrected chi connectivity index (χ3v) is 5.56. The summed E-state index contributed by atoms with van der Waals surface area (Å²) in [5.41, 5.74) is 1.21. The van der Waals surface area contributed by atoms with E-state index < -0.39 is 0 Å². The Morgan fingerprint density at radius 1 is 1.17 bits per heavy atom. The lowest BCUT2D eigenvalue weighted by Crippen LogP contribution is -2.35. The lowest BCUT2D eigenvalue weighted by molar-refractivity contribution is -0.127. The predicted molar refractivity (Wildman–Crippen MR) is 97.0 cm³/mol. The quantitative estimate of drug-likeness (QED) is 0.833. The number of benzene rings is 1. The average molecular weight is 327 g/mol. The van der Waals surface area contributed by atoms with E-state index in [1.54, 1.807) is 4.90 Å². The normalized spacial score (nSPS) is 23.4. The number of hydrogen-bond donors (Lipinski definition) is 2. The van der Waals surface area contributed by atoms with Gasteiger partial charge in [0.25, 0.3) is 5.91 Å². The summed E-state index contributed by atoms with van der Waals surface area (Å²) in [4.78, 5) is 14.3. The van der Waals surface area contributed by atoms with Gasteiger partial charge in [0, 0.05) is 6.54 Å². The van der Waals surface area contributed by atoms with Gasteiger partial charge in [0.05, 0.1) is 0 Å². The lowest BCUT2D eigenvalue weighted by Gasteiger charge is -2.22. The van der Waals surface area contributed by atoms with Gasteiger partial charge in [-0.3, -0.25) is 15.1 Å². The van der Waals surface area contributed by atoms with Crippen LogP contribution in [0.15, 0.2) is 30.3 Å². The molecule has 4 nitrogen and oxygen atoms in total. The molecule has 1 saturated heterocycles. The molecule has 1 saturated carbocycles. The van der Waals surface area contributed by atoms with Gasteiger partial charge in [-0.2, -0.15) is 0 Å². The van der Waals surface area contributed by atoms with E-state index in [0.29, 0.717) is 6.54 Å². The van der Waals surface area contributed by atoms with E-state index in [1.165, 1.54) is 37.7 Å². The average Bonchev–Trinajstić information content (AvgIpc) is 2.89. The van der Waals surface area contributed by atoms with Crippen LogP contribution in [0.2, 0.25) is 0 Å². The van der Waals surface area contributed by atoms with Crippen LogP contribution >= 0.6 is 0 Å². The summed E-state index contributed by atoms with van der Waals surface area (Å²) in [6, 6.07) is 10.0. The molecule has 24 heavy (non-hydrogen) atoms. The minimum atomic E-state index is -0.192. The summed E-state index contributed by atoms with van der Waals surface area (Å²) >= 11 is 0. The van der Waals surface area contributed by atoms with Gasteiger partial charge < -0.3 is 5.32 Å². The van der Waals surface area contributed by atoms with Crippen LogP contribution in [-0.4, -0.2) is 29.4 Å². The molecule has 2 fully saturated rings. The summed E-state index contributed by atoms with van der Waals surface area (Å²) in [6.45, 7) is 2.69. The number of nitrogens with one attached hydrogen (secondary N) is 2. The first-order chi connectivity index (χ1) is 11.6. The van der Waals surface area contributed by atoms with E-state index in [0.717, 1.165) is 18.8 Å². The molecular formula is C20H29N3O. The van der Waals surface area contributed by atoms with Gasteiger partial charge in [0.1, 0.15) is 6.04 Å². The number of nitrogens with zero attached hydrogens (tertiary/aromatic N) is 1. The Hall–Kier alpha value is -1.84. The zero-order chi connectivity index (χ0) is 16.9. The Labute approximate surface area is 145 Å². The Kier molecular flexibility index (Phi) is 5.54. The second-order valence-electron chi connectivity index (χ2n) is 7.39. The number of guanidine groups is 1. The minimum absolute atomic E-state index is 0.0820. The largest absolute Gasteiger partial charge is 0.344 e. The summed E-state index contributed by atoms with van der Waals surface area (Å²) in [7, 11) is 0. The molecule has 1 heterocycles. The van der Waals surface area contributed by atoms with Crippen LogP contribution in [0.25, 0.3) is 0 Å². The highest BCUT2D eigenvalue weighted by Crippen LogP contribution is 2.28. The van der Waals surface area contributed by atoms with Gasteiger partial charge in [-0.1, -0.05) is 69.4 Å². The van der Waals surface area contributed by atoms with Crippen LogP contribution in [0.4, 0.5) is 0 Å². The molecule has 1 aromatic rings. The molecule has 2 unspecified atom stereocenters. The highest BCUT2D eigenvalue weighted by atomic mass is 16.2. The smallest absolute Gasteiger partial charge is 0.251 e. The number of carbonyl (C=O) groups excluding carboxylic acids is 1. The molecule has 3 rings (SSSR count). The van der Waals surface area contributed by atoms with Gasteiger partial charge in [-0.25, -0.2) is 0 Å². The molecule has 1 aliphatic heterocycles. The number of rotatable bonds is 6. The topological polar surface area (TPSA) is 56.2 Å². The molecule has 130 valence electrons. The first kappa shape index (κ1) is 17.0. The van der Waals surface area contributed by atoms with E-state index in [4.69, 9.17) is 5.41 Å². The van der Waals surface area contributed by atoms with E-state index in [2.05, 4.69) is 24.4 Å². The first-order valence-electron chi connectivity index (χ1n) is 9.36. The third kappa shape index (κ3) is 3.97. The zero-order valence-corrected chi connectivity index (χ0v) is 14.6. The highest BCUT2D eigenvalue weighted by molar-refractivity contribution is 6.05. The molecule has 2 N–H and O–H groups in total. The summed E-state index contributed by atoms with van der Waals surface area (Å²) in [5.74, 6) is 1.37. The minimum Gasteiger partial charge on any atom is -0.344 e. The molecule has 1 amide bonds. The lowest BCUT2D eigenvalue weighted by atomic mass is 9.85. The van der Waals surface area contributed by atoms with Crippen LogP contribution in [0, 0.1) is 11.3 Å². The summed E-state index contributed by atoms with van der Waals surface area (Å²) in [5, 5.41) is 11.2. The van der Waals surface area contributed by atoms with E-state index in [1.807, 2.05) is 18.2 Å². The standard InChI is InChI=1S/C20H29N3O/c1-15(17-10-6-3-7-11-17)14-23-19(24)18(22-20(23)21)13-12-16-8-4-2-5-9-16/h3,6-7,10-11,15-16,18H,2,4-5,8-9,12-14H2,1H3,(H2,21,22). The number of amides is 1. The van der Waals surface area contributed by atoms with Gasteiger partial charge >= 0.3 is 0 Å². The number of carbonyl (C=O) groups is 1. The van der Waals surface area contributed by atoms with Crippen molar-refractivity contribution in [3.63, 3.8) is 0 Å². The summed E-state index contributed by atoms with van der Waals surface area (Å²) < 4.78 is 0. The molecule has 0 spiro atoms. The highest BCUT2D eigenvalue weighted by Gasteiger charge is 2.36. The van der Waals surface area contributed by atoms with E-state index in [-0.39, 0.29) is 23.8 Å². The monoisotopic (exact) mass is 327 g/mol. The Balaban J connectivity index is 1.53. The predicted octanol–water partition coefficient (Wildman–Crippen LogP) is 3.89. The fourth-order valence-electron chi connectivity index (χ4n) is 4.02. The SMILES string of the molecule is CC(CN1C(=N)NC(CCC2CCCCC2)C1=O)c1ccccc1. The molecule has 0 radical (unpaired) electrons. The van der Waals surface area contributed by atoms with Crippen LogP contribution in [0.1, 0.15) is 63.4 Å². The first-order valence-corrected chi connectivity index (χ1v) is 9.36. The van der Waals surface area contributed by atoms with Crippen molar-refractivity contribution >= 4 is 11.9 Å². The maximum absolute atomic E-state index is 12.7. The molecule has 1 aromatic carbocycles. The van der Waals surface area contributed by atoms with Crippen LogP contribution < -0.4 is 5.32 Å². The van der Waals surface area contributed by atoms with Crippen LogP contribution in [0.3, 0.4) is 0 Å². The maximum atomic E-state index is 12.7. The zero-order valence-electron chi connectivity index (χ0n) is 14.6. The van der Waals surface area contributed by atoms with Gasteiger partial charge in [-0.05, 0) is 30.2 Å². The fourth-order valence-corrected chi connectivity index (χ4v) is 4.02. The van der Waals surface area contributed by atoms with Gasteiger partial charge in [0.2, 0.25) is 0 Å². The molecule has 1 aliphatic carbocycles. The van der Waals surface area contributed by atoms with Crippen LogP contribution in [-0.2, 0) is 4.79 Å².